The van der Waals surface area contributed by atoms with Crippen LogP contribution in [0.1, 0.15) is 0 Å². The minimum Gasteiger partial charge on any atom is -0.354 e. The number of carbonyl (C=O) groups excluding carboxylic acids is 1. The average molecular weight is 414 g/mol. The van der Waals surface area contributed by atoms with E-state index in [0.29, 0.717) is 16.7 Å². The van der Waals surface area contributed by atoms with Crippen molar-refractivity contribution in [2.75, 3.05) is 42.9 Å². The monoisotopic (exact) mass is 413 g/mol. The molecule has 0 bridgehead atoms. The average Bonchev–Trinajstić information content (AvgIpc) is 3.18. The van der Waals surface area contributed by atoms with Gasteiger partial charge in [0, 0.05) is 48.3 Å². The first-order valence-corrected chi connectivity index (χ1v) is 10.3. The van der Waals surface area contributed by atoms with Gasteiger partial charge in [0.05, 0.1) is 12.2 Å². The minimum absolute atomic E-state index is 0.0386. The summed E-state index contributed by atoms with van der Waals surface area (Å²) in [5.41, 5.74) is 1.81. The fourth-order valence-electron chi connectivity index (χ4n) is 3.12. The van der Waals surface area contributed by atoms with E-state index in [1.807, 2.05) is 54.0 Å². The van der Waals surface area contributed by atoms with Crippen molar-refractivity contribution in [2.45, 2.75) is 0 Å². The highest BCUT2D eigenvalue weighted by Crippen LogP contribution is 2.26. The predicted molar refractivity (Wildman–Crippen MR) is 114 cm³/mol. The standard InChI is InChI=1S/C20H20ClN5OS/c21-16-6-4-15(5-7-16)17-14-28-20(23-17)24-19(27)13-25-9-11-26(12-10-25)18-3-1-2-8-22-18/h1-8,14H,9-13H2,(H,23,24,27). The molecule has 1 saturated heterocycles. The second kappa shape index (κ2) is 8.68. The van der Waals surface area contributed by atoms with Crippen LogP contribution in [-0.2, 0) is 4.79 Å². The summed E-state index contributed by atoms with van der Waals surface area (Å²) in [7, 11) is 0. The number of anilines is 2. The van der Waals surface area contributed by atoms with Crippen molar-refractivity contribution in [3.63, 3.8) is 0 Å². The van der Waals surface area contributed by atoms with E-state index >= 15 is 0 Å². The van der Waals surface area contributed by atoms with E-state index in [0.717, 1.165) is 43.3 Å². The lowest BCUT2D eigenvalue weighted by atomic mass is 10.2. The Morgan fingerprint density at radius 2 is 1.89 bits per heavy atom. The summed E-state index contributed by atoms with van der Waals surface area (Å²) in [6.07, 6.45) is 1.81. The predicted octanol–water partition coefficient (Wildman–Crippen LogP) is 3.62. The van der Waals surface area contributed by atoms with E-state index in [2.05, 4.69) is 25.1 Å². The molecule has 6 nitrogen and oxygen atoms in total. The summed E-state index contributed by atoms with van der Waals surface area (Å²) in [6, 6.07) is 13.4. The van der Waals surface area contributed by atoms with Crippen molar-refractivity contribution in [1.29, 1.82) is 0 Å². The molecule has 1 aromatic carbocycles. The number of aromatic nitrogens is 2. The normalized spacial score (nSPS) is 14.8. The lowest BCUT2D eigenvalue weighted by molar-refractivity contribution is -0.117. The molecule has 1 amide bonds. The Labute approximate surface area is 172 Å². The second-order valence-electron chi connectivity index (χ2n) is 6.54. The fourth-order valence-corrected chi connectivity index (χ4v) is 3.98. The number of nitrogens with zero attached hydrogens (tertiary/aromatic N) is 4. The number of piperazine rings is 1. The maximum atomic E-state index is 12.4. The molecule has 3 aromatic rings. The molecule has 1 aliphatic heterocycles. The molecule has 0 saturated carbocycles. The van der Waals surface area contributed by atoms with E-state index in [1.54, 1.807) is 0 Å². The molecule has 1 aliphatic rings. The minimum atomic E-state index is -0.0386. The molecule has 28 heavy (non-hydrogen) atoms. The second-order valence-corrected chi connectivity index (χ2v) is 7.84. The SMILES string of the molecule is O=C(CN1CCN(c2ccccn2)CC1)Nc1nc(-c2ccc(Cl)cc2)cs1. The van der Waals surface area contributed by atoms with E-state index < -0.39 is 0 Å². The number of hydrogen-bond donors (Lipinski definition) is 1. The number of pyridine rings is 1. The molecule has 0 unspecified atom stereocenters. The van der Waals surface area contributed by atoms with Crippen molar-refractivity contribution in [3.8, 4) is 11.3 Å². The number of thiazole rings is 1. The number of rotatable bonds is 5. The van der Waals surface area contributed by atoms with Crippen LogP contribution in [0.5, 0.6) is 0 Å². The lowest BCUT2D eigenvalue weighted by Crippen LogP contribution is -2.48. The first kappa shape index (κ1) is 18.9. The van der Waals surface area contributed by atoms with Gasteiger partial charge in [-0.25, -0.2) is 9.97 Å². The number of halogens is 1. The van der Waals surface area contributed by atoms with Gasteiger partial charge in [0.25, 0.3) is 0 Å². The number of hydrogen-bond acceptors (Lipinski definition) is 6. The van der Waals surface area contributed by atoms with E-state index in [-0.39, 0.29) is 5.91 Å². The summed E-state index contributed by atoms with van der Waals surface area (Å²) >= 11 is 7.35. The molecule has 3 heterocycles. The van der Waals surface area contributed by atoms with Crippen molar-refractivity contribution in [1.82, 2.24) is 14.9 Å². The van der Waals surface area contributed by atoms with Gasteiger partial charge in [-0.2, -0.15) is 0 Å². The molecule has 0 spiro atoms. The molecule has 2 aromatic heterocycles. The third-order valence-electron chi connectivity index (χ3n) is 4.60. The molecule has 1 N–H and O–H groups in total. The Morgan fingerprint density at radius 3 is 2.61 bits per heavy atom. The van der Waals surface area contributed by atoms with Crippen molar-refractivity contribution in [3.05, 3.63) is 59.1 Å². The van der Waals surface area contributed by atoms with Gasteiger partial charge in [-0.05, 0) is 24.3 Å². The summed E-state index contributed by atoms with van der Waals surface area (Å²) in [5, 5.41) is 6.15. The number of carbonyl (C=O) groups is 1. The van der Waals surface area contributed by atoms with Crippen molar-refractivity contribution >= 4 is 39.8 Å². The Bertz CT molecular complexity index is 923. The number of amides is 1. The topological polar surface area (TPSA) is 61.4 Å². The summed E-state index contributed by atoms with van der Waals surface area (Å²) in [6.45, 7) is 3.76. The quantitative estimate of drug-likeness (QED) is 0.692. The zero-order chi connectivity index (χ0) is 19.3. The third-order valence-corrected chi connectivity index (χ3v) is 5.61. The van der Waals surface area contributed by atoms with Gasteiger partial charge < -0.3 is 10.2 Å². The van der Waals surface area contributed by atoms with Gasteiger partial charge in [-0.3, -0.25) is 9.69 Å². The fraction of sp³-hybridized carbons (Fsp3) is 0.250. The lowest BCUT2D eigenvalue weighted by Gasteiger charge is -2.34. The first-order chi connectivity index (χ1) is 13.7. The summed E-state index contributed by atoms with van der Waals surface area (Å²) in [5.74, 6) is 0.951. The van der Waals surface area contributed by atoms with Gasteiger partial charge >= 0.3 is 0 Å². The maximum Gasteiger partial charge on any atom is 0.240 e. The largest absolute Gasteiger partial charge is 0.354 e. The highest BCUT2D eigenvalue weighted by atomic mass is 35.5. The van der Waals surface area contributed by atoms with Gasteiger partial charge in [-0.1, -0.05) is 29.8 Å². The molecule has 0 atom stereocenters. The summed E-state index contributed by atoms with van der Waals surface area (Å²) in [4.78, 5) is 25.7. The van der Waals surface area contributed by atoms with Gasteiger partial charge in [0.1, 0.15) is 5.82 Å². The van der Waals surface area contributed by atoms with Crippen LogP contribution in [0.2, 0.25) is 5.02 Å². The van der Waals surface area contributed by atoms with Crippen LogP contribution in [0.4, 0.5) is 10.9 Å². The van der Waals surface area contributed by atoms with Crippen LogP contribution in [0.3, 0.4) is 0 Å². The Morgan fingerprint density at radius 1 is 1.11 bits per heavy atom. The highest BCUT2D eigenvalue weighted by Gasteiger charge is 2.20. The van der Waals surface area contributed by atoms with Crippen molar-refractivity contribution in [2.24, 2.45) is 0 Å². The van der Waals surface area contributed by atoms with Crippen LogP contribution in [0.25, 0.3) is 11.3 Å². The van der Waals surface area contributed by atoms with Crippen LogP contribution in [0.15, 0.2) is 54.0 Å². The van der Waals surface area contributed by atoms with Crippen LogP contribution in [0, 0.1) is 0 Å². The smallest absolute Gasteiger partial charge is 0.240 e. The molecule has 144 valence electrons. The molecule has 8 heteroatoms. The van der Waals surface area contributed by atoms with Gasteiger partial charge in [0.15, 0.2) is 5.13 Å². The van der Waals surface area contributed by atoms with Gasteiger partial charge in [0.2, 0.25) is 5.91 Å². The van der Waals surface area contributed by atoms with Crippen LogP contribution < -0.4 is 10.2 Å². The molecule has 4 rings (SSSR count). The molecular weight excluding hydrogens is 394 g/mol. The van der Waals surface area contributed by atoms with Crippen LogP contribution in [-0.4, -0.2) is 53.5 Å². The summed E-state index contributed by atoms with van der Waals surface area (Å²) < 4.78 is 0. The Hall–Kier alpha value is -2.48. The molecule has 0 aliphatic carbocycles. The Kier molecular flexibility index (Phi) is 5.85. The number of nitrogens with one attached hydrogen (secondary N) is 1. The van der Waals surface area contributed by atoms with E-state index in [1.165, 1.54) is 11.3 Å². The maximum absolute atomic E-state index is 12.4. The van der Waals surface area contributed by atoms with E-state index in [4.69, 9.17) is 11.6 Å². The van der Waals surface area contributed by atoms with Crippen LogP contribution >= 0.6 is 22.9 Å². The third kappa shape index (κ3) is 4.67. The highest BCUT2D eigenvalue weighted by molar-refractivity contribution is 7.14. The molecular formula is C20H20ClN5OS. The molecule has 1 fully saturated rings. The van der Waals surface area contributed by atoms with E-state index in [9.17, 15) is 4.79 Å². The first-order valence-electron chi connectivity index (χ1n) is 9.07. The van der Waals surface area contributed by atoms with Crippen molar-refractivity contribution < 1.29 is 4.79 Å². The zero-order valence-electron chi connectivity index (χ0n) is 15.2. The number of benzene rings is 1. The molecule has 0 radical (unpaired) electrons. The zero-order valence-corrected chi connectivity index (χ0v) is 16.8. The van der Waals surface area contributed by atoms with Gasteiger partial charge in [-0.15, -0.1) is 11.3 Å². The Balaban J connectivity index is 1.28.